The maximum atomic E-state index is 12.6. The molecule has 2 aliphatic rings. The van der Waals surface area contributed by atoms with Crippen molar-refractivity contribution in [1.82, 2.24) is 10.2 Å². The zero-order chi connectivity index (χ0) is 17.8. The Kier molecular flexibility index (Phi) is 6.13. The molecule has 2 fully saturated rings. The van der Waals surface area contributed by atoms with E-state index in [1.807, 2.05) is 6.92 Å². The fourth-order valence-electron chi connectivity index (χ4n) is 3.96. The van der Waals surface area contributed by atoms with Gasteiger partial charge in [0.1, 0.15) is 0 Å². The molecule has 1 heterocycles. The van der Waals surface area contributed by atoms with Crippen molar-refractivity contribution in [2.24, 2.45) is 5.92 Å². The fraction of sp³-hybridized carbons (Fsp3) is 0.600. The average Bonchev–Trinajstić information content (AvgIpc) is 3.14. The molecule has 1 aliphatic heterocycles. The van der Waals surface area contributed by atoms with Crippen molar-refractivity contribution in [3.05, 3.63) is 34.9 Å². The van der Waals surface area contributed by atoms with Gasteiger partial charge in [-0.05, 0) is 70.0 Å². The molecule has 4 nitrogen and oxygen atoms in total. The topological polar surface area (TPSA) is 49.4 Å². The minimum absolute atomic E-state index is 0.0440. The second-order valence-electron chi connectivity index (χ2n) is 7.35. The van der Waals surface area contributed by atoms with E-state index >= 15 is 0 Å². The summed E-state index contributed by atoms with van der Waals surface area (Å²) < 4.78 is 0. The summed E-state index contributed by atoms with van der Waals surface area (Å²) >= 11 is 5.89. The number of likely N-dealkylation sites (tertiary alicyclic amines) is 1. The first-order chi connectivity index (χ1) is 12.0. The first-order valence-electron chi connectivity index (χ1n) is 9.39. The van der Waals surface area contributed by atoms with Crippen LogP contribution in [0.15, 0.2) is 24.3 Å². The molecule has 0 spiro atoms. The van der Waals surface area contributed by atoms with Crippen LogP contribution in [0.25, 0.3) is 0 Å². The molecular weight excluding hydrogens is 336 g/mol. The van der Waals surface area contributed by atoms with E-state index in [2.05, 4.69) is 10.2 Å². The van der Waals surface area contributed by atoms with E-state index < -0.39 is 0 Å². The normalized spacial score (nSPS) is 21.2. The molecular formula is C20H27ClN2O2. The molecule has 1 amide bonds. The first-order valence-corrected chi connectivity index (χ1v) is 9.76. The smallest absolute Gasteiger partial charge is 0.237 e. The molecule has 0 bridgehead atoms. The van der Waals surface area contributed by atoms with E-state index in [-0.39, 0.29) is 23.7 Å². The fourth-order valence-corrected chi connectivity index (χ4v) is 4.08. The van der Waals surface area contributed by atoms with Crippen molar-refractivity contribution in [3.8, 4) is 0 Å². The highest BCUT2D eigenvalue weighted by atomic mass is 35.5. The van der Waals surface area contributed by atoms with Crippen molar-refractivity contribution < 1.29 is 9.59 Å². The second-order valence-corrected chi connectivity index (χ2v) is 7.78. The predicted molar refractivity (Wildman–Crippen MR) is 99.9 cm³/mol. The van der Waals surface area contributed by atoms with Crippen molar-refractivity contribution in [1.29, 1.82) is 0 Å². The molecule has 25 heavy (non-hydrogen) atoms. The van der Waals surface area contributed by atoms with Crippen LogP contribution in [0.4, 0.5) is 0 Å². The molecule has 1 aromatic carbocycles. The Morgan fingerprint density at radius 2 is 1.68 bits per heavy atom. The summed E-state index contributed by atoms with van der Waals surface area (Å²) in [5, 5.41) is 3.83. The van der Waals surface area contributed by atoms with Crippen molar-refractivity contribution in [2.75, 3.05) is 13.1 Å². The molecule has 5 heteroatoms. The Bertz CT molecular complexity index is 603. The third kappa shape index (κ3) is 4.62. The van der Waals surface area contributed by atoms with Crippen LogP contribution in [0.2, 0.25) is 5.02 Å². The number of nitrogens with one attached hydrogen (secondary N) is 1. The molecule has 0 aromatic heterocycles. The van der Waals surface area contributed by atoms with Gasteiger partial charge in [0.05, 0.1) is 6.04 Å². The molecule has 0 radical (unpaired) electrons. The minimum Gasteiger partial charge on any atom is -0.352 e. The van der Waals surface area contributed by atoms with Gasteiger partial charge < -0.3 is 5.32 Å². The number of nitrogens with zero attached hydrogens (tertiary/aromatic N) is 1. The lowest BCUT2D eigenvalue weighted by Crippen LogP contribution is -2.50. The Morgan fingerprint density at radius 3 is 2.28 bits per heavy atom. The van der Waals surface area contributed by atoms with Crippen LogP contribution in [-0.4, -0.2) is 41.8 Å². The summed E-state index contributed by atoms with van der Waals surface area (Å²) in [6.07, 6.45) is 6.27. The van der Waals surface area contributed by atoms with Gasteiger partial charge >= 0.3 is 0 Å². The third-order valence-electron chi connectivity index (χ3n) is 5.66. The largest absolute Gasteiger partial charge is 0.352 e. The summed E-state index contributed by atoms with van der Waals surface area (Å²) in [5.41, 5.74) is 0.731. The Morgan fingerprint density at radius 1 is 1.08 bits per heavy atom. The van der Waals surface area contributed by atoms with Crippen molar-refractivity contribution in [3.63, 3.8) is 0 Å². The summed E-state index contributed by atoms with van der Waals surface area (Å²) in [4.78, 5) is 27.2. The van der Waals surface area contributed by atoms with Crippen LogP contribution < -0.4 is 5.32 Å². The lowest BCUT2D eigenvalue weighted by molar-refractivity contribution is -0.127. The quantitative estimate of drug-likeness (QED) is 0.813. The summed E-state index contributed by atoms with van der Waals surface area (Å²) in [7, 11) is 0. The maximum absolute atomic E-state index is 12.6. The summed E-state index contributed by atoms with van der Waals surface area (Å²) in [5.74, 6) is 0.372. The van der Waals surface area contributed by atoms with Crippen LogP contribution in [-0.2, 0) is 4.79 Å². The summed E-state index contributed by atoms with van der Waals surface area (Å²) in [6.45, 7) is 3.57. The predicted octanol–water partition coefficient (Wildman–Crippen LogP) is 3.68. The minimum atomic E-state index is -0.118. The van der Waals surface area contributed by atoms with Crippen molar-refractivity contribution in [2.45, 2.75) is 57.5 Å². The van der Waals surface area contributed by atoms with Crippen LogP contribution in [0, 0.1) is 5.92 Å². The number of carbonyl (C=O) groups excluding carboxylic acids is 2. The number of Topliss-reactive ketones (excluding diaryl/α,β-unsaturated/α-hetero) is 1. The maximum Gasteiger partial charge on any atom is 0.237 e. The number of hydrogen-bond donors (Lipinski definition) is 1. The number of benzene rings is 1. The van der Waals surface area contributed by atoms with E-state index in [9.17, 15) is 9.59 Å². The van der Waals surface area contributed by atoms with Gasteiger partial charge in [-0.1, -0.05) is 24.4 Å². The standard InChI is InChI=1S/C20H27ClN2O2/c1-14(20(25)22-18-4-2-3-5-18)23-12-10-16(11-13-23)19(24)15-6-8-17(21)9-7-15/h6-9,14,16,18H,2-5,10-13H2,1H3,(H,22,25)/t14-/m0/s1. The highest BCUT2D eigenvalue weighted by Crippen LogP contribution is 2.24. The van der Waals surface area contributed by atoms with Gasteiger partial charge in [-0.2, -0.15) is 0 Å². The van der Waals surface area contributed by atoms with Gasteiger partial charge in [0.2, 0.25) is 5.91 Å². The number of rotatable bonds is 5. The second kappa shape index (κ2) is 8.33. The van der Waals surface area contributed by atoms with E-state index in [0.717, 1.165) is 44.3 Å². The van der Waals surface area contributed by atoms with Gasteiger partial charge in [-0.25, -0.2) is 0 Å². The molecule has 136 valence electrons. The molecule has 3 rings (SSSR count). The average molecular weight is 363 g/mol. The lowest BCUT2D eigenvalue weighted by Gasteiger charge is -2.35. The van der Waals surface area contributed by atoms with E-state index in [4.69, 9.17) is 11.6 Å². The molecule has 1 aliphatic carbocycles. The molecule has 0 unspecified atom stereocenters. The third-order valence-corrected chi connectivity index (χ3v) is 5.91. The number of amides is 1. The van der Waals surface area contributed by atoms with E-state index in [1.54, 1.807) is 24.3 Å². The highest BCUT2D eigenvalue weighted by Gasteiger charge is 2.31. The number of hydrogen-bond acceptors (Lipinski definition) is 3. The van der Waals surface area contributed by atoms with Crippen LogP contribution in [0.3, 0.4) is 0 Å². The van der Waals surface area contributed by atoms with Gasteiger partial charge in [0, 0.05) is 22.5 Å². The summed E-state index contributed by atoms with van der Waals surface area (Å²) in [6, 6.07) is 7.37. The number of carbonyl (C=O) groups is 2. The van der Waals surface area contributed by atoms with Crippen LogP contribution in [0.1, 0.15) is 55.8 Å². The molecule has 1 saturated carbocycles. The number of piperidine rings is 1. The molecule has 1 aromatic rings. The molecule has 1 atom stereocenters. The van der Waals surface area contributed by atoms with Gasteiger partial charge in [0.25, 0.3) is 0 Å². The number of halogens is 1. The molecule has 1 N–H and O–H groups in total. The highest BCUT2D eigenvalue weighted by molar-refractivity contribution is 6.30. The lowest BCUT2D eigenvalue weighted by atomic mass is 9.88. The Hall–Kier alpha value is -1.39. The Labute approximate surface area is 154 Å². The molecule has 1 saturated heterocycles. The van der Waals surface area contributed by atoms with Crippen molar-refractivity contribution >= 4 is 23.3 Å². The van der Waals surface area contributed by atoms with Gasteiger partial charge in [0.15, 0.2) is 5.78 Å². The van der Waals surface area contributed by atoms with E-state index in [1.165, 1.54) is 12.8 Å². The first kappa shape index (κ1) is 18.4. The zero-order valence-corrected chi connectivity index (χ0v) is 15.6. The van der Waals surface area contributed by atoms with Gasteiger partial charge in [-0.3, -0.25) is 14.5 Å². The SMILES string of the molecule is C[C@@H](C(=O)NC1CCCC1)N1CCC(C(=O)c2ccc(Cl)cc2)CC1. The number of ketones is 1. The van der Waals surface area contributed by atoms with Crippen LogP contribution in [0.5, 0.6) is 0 Å². The monoisotopic (exact) mass is 362 g/mol. The van der Waals surface area contributed by atoms with Crippen LogP contribution >= 0.6 is 11.6 Å². The Balaban J connectivity index is 1.49. The van der Waals surface area contributed by atoms with E-state index in [0.29, 0.717) is 11.1 Å². The van der Waals surface area contributed by atoms with Gasteiger partial charge in [-0.15, -0.1) is 0 Å². The zero-order valence-electron chi connectivity index (χ0n) is 14.8.